The molecule has 34 heavy (non-hydrogen) atoms. The summed E-state index contributed by atoms with van der Waals surface area (Å²) in [5.41, 5.74) is -0.613. The van der Waals surface area contributed by atoms with Crippen LogP contribution in [0.15, 0.2) is 46.6 Å². The fourth-order valence-electron chi connectivity index (χ4n) is 2.60. The molecule has 0 aliphatic heterocycles. The molecule has 0 bridgehead atoms. The highest BCUT2D eigenvalue weighted by molar-refractivity contribution is 5.94. The molecule has 180 valence electrons. The van der Waals surface area contributed by atoms with Crippen molar-refractivity contribution in [2.24, 2.45) is 10.2 Å². The van der Waals surface area contributed by atoms with Crippen LogP contribution in [0.4, 0.5) is 11.4 Å². The Balaban J connectivity index is 2.26. The number of ether oxygens (including phenoxy) is 2. The third kappa shape index (κ3) is 7.76. The van der Waals surface area contributed by atoms with Crippen molar-refractivity contribution in [1.29, 1.82) is 0 Å². The van der Waals surface area contributed by atoms with E-state index in [9.17, 15) is 39.6 Å². The second kappa shape index (κ2) is 11.6. The molecule has 0 fully saturated rings. The number of hydrogen-bond donors (Lipinski definition) is 4. The first-order chi connectivity index (χ1) is 16.0. The van der Waals surface area contributed by atoms with E-state index < -0.39 is 36.1 Å². The number of carbonyl (C=O) groups is 4. The zero-order chi connectivity index (χ0) is 25.4. The molecule has 0 aliphatic carbocycles. The van der Waals surface area contributed by atoms with E-state index in [2.05, 4.69) is 10.2 Å². The first-order valence-electron chi connectivity index (χ1n) is 9.90. The molecule has 2 aromatic rings. The molecule has 2 rings (SSSR count). The molecular formula is C22H22N2O10. The summed E-state index contributed by atoms with van der Waals surface area (Å²) in [7, 11) is 0. The first-order valence-corrected chi connectivity index (χ1v) is 9.90. The summed E-state index contributed by atoms with van der Waals surface area (Å²) in [5.74, 6) is -4.91. The number of nitrogens with zero attached hydrogens (tertiary/aromatic N) is 2. The van der Waals surface area contributed by atoms with Gasteiger partial charge in [-0.1, -0.05) is 0 Å². The van der Waals surface area contributed by atoms with Gasteiger partial charge in [0.15, 0.2) is 0 Å². The van der Waals surface area contributed by atoms with Crippen molar-refractivity contribution in [2.75, 3.05) is 0 Å². The molecule has 0 amide bonds. The van der Waals surface area contributed by atoms with E-state index in [1.165, 1.54) is 38.1 Å². The molecule has 4 N–H and O–H groups in total. The number of carbonyl (C=O) groups excluding carboxylic acids is 2. The number of benzene rings is 2. The van der Waals surface area contributed by atoms with Crippen LogP contribution in [-0.2, 0) is 9.59 Å². The van der Waals surface area contributed by atoms with E-state index in [1.54, 1.807) is 0 Å². The number of azo groups is 1. The number of rotatable bonds is 10. The van der Waals surface area contributed by atoms with Gasteiger partial charge in [0.25, 0.3) is 0 Å². The molecule has 2 atom stereocenters. The SMILES string of the molecule is CC(O)CC(=O)Oc1ccc(N=Nc2ccc(OC(=O)CC(C)O)c(C(=O)O)c2)cc1C(=O)O. The van der Waals surface area contributed by atoms with Crippen LogP contribution in [0.5, 0.6) is 11.5 Å². The van der Waals surface area contributed by atoms with E-state index in [4.69, 9.17) is 9.47 Å². The summed E-state index contributed by atoms with van der Waals surface area (Å²) in [6.45, 7) is 2.76. The summed E-state index contributed by atoms with van der Waals surface area (Å²) in [5, 5.41) is 45.0. The number of aliphatic hydroxyl groups is 2. The third-order valence-corrected chi connectivity index (χ3v) is 4.04. The Bertz CT molecular complexity index is 1040. The number of esters is 2. The fourth-order valence-corrected chi connectivity index (χ4v) is 2.60. The van der Waals surface area contributed by atoms with E-state index >= 15 is 0 Å². The monoisotopic (exact) mass is 474 g/mol. The molecule has 0 heterocycles. The van der Waals surface area contributed by atoms with Gasteiger partial charge in [0.1, 0.15) is 22.6 Å². The van der Waals surface area contributed by atoms with Crippen molar-refractivity contribution in [3.8, 4) is 11.5 Å². The molecular weight excluding hydrogens is 452 g/mol. The van der Waals surface area contributed by atoms with E-state index in [0.29, 0.717) is 0 Å². The lowest BCUT2D eigenvalue weighted by Crippen LogP contribution is -2.16. The van der Waals surface area contributed by atoms with Crippen LogP contribution in [0.2, 0.25) is 0 Å². The summed E-state index contributed by atoms with van der Waals surface area (Å²) in [6.07, 6.45) is -2.57. The van der Waals surface area contributed by atoms with Crippen molar-refractivity contribution in [3.63, 3.8) is 0 Å². The minimum atomic E-state index is -1.39. The molecule has 12 nitrogen and oxygen atoms in total. The first kappa shape index (κ1) is 26.1. The quantitative estimate of drug-likeness (QED) is 0.226. The topological polar surface area (TPSA) is 192 Å². The minimum Gasteiger partial charge on any atom is -0.478 e. The normalized spacial score (nSPS) is 12.7. The molecule has 12 heteroatoms. The smallest absolute Gasteiger partial charge is 0.339 e. The van der Waals surface area contributed by atoms with Crippen molar-refractivity contribution < 1.29 is 49.1 Å². The minimum absolute atomic E-state index is 0.0667. The Morgan fingerprint density at radius 2 is 1.09 bits per heavy atom. The Labute approximate surface area is 193 Å². The second-order valence-electron chi connectivity index (χ2n) is 7.23. The second-order valence-corrected chi connectivity index (χ2v) is 7.23. The number of carboxylic acid groups (broad SMARTS) is 2. The van der Waals surface area contributed by atoms with Crippen LogP contribution >= 0.6 is 0 Å². The molecule has 0 radical (unpaired) electrons. The largest absolute Gasteiger partial charge is 0.478 e. The maximum absolute atomic E-state index is 11.7. The van der Waals surface area contributed by atoms with Gasteiger partial charge in [0, 0.05) is 0 Å². The maximum atomic E-state index is 11.7. The standard InChI is InChI=1S/C22H22N2O10/c1-11(25)7-19(27)33-17-5-3-13(9-15(17)21(29)30)23-24-14-4-6-18(16(10-14)22(31)32)34-20(28)8-12(2)26/h3-6,9-12,25-26H,7-8H2,1-2H3,(H,29,30)(H,31,32). The van der Waals surface area contributed by atoms with E-state index in [1.807, 2.05) is 0 Å². The number of aromatic carboxylic acids is 2. The van der Waals surface area contributed by atoms with Gasteiger partial charge in [-0.15, -0.1) is 0 Å². The molecule has 0 saturated carbocycles. The van der Waals surface area contributed by atoms with Crippen LogP contribution in [0.25, 0.3) is 0 Å². The third-order valence-electron chi connectivity index (χ3n) is 4.04. The molecule has 0 aliphatic rings. The molecule has 0 aromatic heterocycles. The van der Waals surface area contributed by atoms with Gasteiger partial charge >= 0.3 is 23.9 Å². The van der Waals surface area contributed by atoms with Crippen LogP contribution in [-0.4, -0.2) is 56.5 Å². The average molecular weight is 474 g/mol. The van der Waals surface area contributed by atoms with Gasteiger partial charge in [-0.05, 0) is 50.2 Å². The maximum Gasteiger partial charge on any atom is 0.339 e. The van der Waals surface area contributed by atoms with Crippen molar-refractivity contribution in [3.05, 3.63) is 47.5 Å². The van der Waals surface area contributed by atoms with Crippen LogP contribution < -0.4 is 9.47 Å². The Kier molecular flexibility index (Phi) is 8.93. The summed E-state index contributed by atoms with van der Waals surface area (Å²) < 4.78 is 9.94. The van der Waals surface area contributed by atoms with Gasteiger partial charge in [-0.25, -0.2) is 9.59 Å². The fraction of sp³-hybridized carbons (Fsp3) is 0.273. The van der Waals surface area contributed by atoms with Crippen LogP contribution in [0.3, 0.4) is 0 Å². The Hall–Kier alpha value is -4.16. The predicted octanol–water partition coefficient (Wildman–Crippen LogP) is 2.85. The number of aliphatic hydroxyl groups excluding tert-OH is 2. The zero-order valence-electron chi connectivity index (χ0n) is 18.2. The van der Waals surface area contributed by atoms with Crippen molar-refractivity contribution >= 4 is 35.3 Å². The molecule has 0 saturated heterocycles. The average Bonchev–Trinajstić information content (AvgIpc) is 2.72. The van der Waals surface area contributed by atoms with Crippen LogP contribution in [0.1, 0.15) is 47.4 Å². The summed E-state index contributed by atoms with van der Waals surface area (Å²) in [4.78, 5) is 46.5. The Morgan fingerprint density at radius 3 is 1.38 bits per heavy atom. The molecule has 0 spiro atoms. The van der Waals surface area contributed by atoms with Gasteiger partial charge < -0.3 is 29.9 Å². The van der Waals surface area contributed by atoms with E-state index in [0.717, 1.165) is 12.1 Å². The number of hydrogen-bond acceptors (Lipinski definition) is 10. The van der Waals surface area contributed by atoms with E-state index in [-0.39, 0.29) is 46.8 Å². The van der Waals surface area contributed by atoms with Gasteiger partial charge in [0.05, 0.1) is 36.4 Å². The zero-order valence-corrected chi connectivity index (χ0v) is 18.2. The van der Waals surface area contributed by atoms with Crippen molar-refractivity contribution in [1.82, 2.24) is 0 Å². The highest BCUT2D eigenvalue weighted by Crippen LogP contribution is 2.29. The van der Waals surface area contributed by atoms with Crippen LogP contribution in [0, 0.1) is 0 Å². The number of carboxylic acids is 2. The summed E-state index contributed by atoms with van der Waals surface area (Å²) >= 11 is 0. The highest BCUT2D eigenvalue weighted by Gasteiger charge is 2.18. The highest BCUT2D eigenvalue weighted by atomic mass is 16.5. The predicted molar refractivity (Wildman–Crippen MR) is 115 cm³/mol. The molecule has 2 aromatic carbocycles. The lowest BCUT2D eigenvalue weighted by Gasteiger charge is -2.09. The Morgan fingerprint density at radius 1 is 0.735 bits per heavy atom. The van der Waals surface area contributed by atoms with Gasteiger partial charge in [-0.3, -0.25) is 9.59 Å². The molecule has 2 unspecified atom stereocenters. The van der Waals surface area contributed by atoms with Gasteiger partial charge in [-0.2, -0.15) is 10.2 Å². The lowest BCUT2D eigenvalue weighted by atomic mass is 10.1. The van der Waals surface area contributed by atoms with Crippen molar-refractivity contribution in [2.45, 2.75) is 38.9 Å². The lowest BCUT2D eigenvalue weighted by molar-refractivity contribution is -0.137. The summed E-state index contributed by atoms with van der Waals surface area (Å²) in [6, 6.07) is 7.25. The van der Waals surface area contributed by atoms with Gasteiger partial charge in [0.2, 0.25) is 0 Å².